The molecular formula is C44H67N9O5. The number of esters is 1. The van der Waals surface area contributed by atoms with Crippen molar-refractivity contribution < 1.29 is 23.8 Å². The van der Waals surface area contributed by atoms with Crippen molar-refractivity contribution in [3.63, 3.8) is 0 Å². The van der Waals surface area contributed by atoms with Crippen LogP contribution >= 0.6 is 0 Å². The fourth-order valence-electron chi connectivity index (χ4n) is 9.50. The van der Waals surface area contributed by atoms with Gasteiger partial charge < -0.3 is 40.4 Å². The molecule has 58 heavy (non-hydrogen) atoms. The quantitative estimate of drug-likeness (QED) is 0.271. The van der Waals surface area contributed by atoms with Gasteiger partial charge >= 0.3 is 5.97 Å². The highest BCUT2D eigenvalue weighted by Crippen LogP contribution is 2.34. The van der Waals surface area contributed by atoms with Gasteiger partial charge in [-0.25, -0.2) is 0 Å². The topological polar surface area (TPSA) is 197 Å². The molecule has 9 unspecified atom stereocenters. The van der Waals surface area contributed by atoms with Crippen LogP contribution in [0, 0.1) is 63.6 Å². The number of piperidine rings is 3. The van der Waals surface area contributed by atoms with Gasteiger partial charge in [0.15, 0.2) is 0 Å². The molecular weight excluding hydrogens is 735 g/mol. The van der Waals surface area contributed by atoms with Crippen LogP contribution in [-0.2, 0) is 30.3 Å². The lowest BCUT2D eigenvalue weighted by molar-refractivity contribution is -0.152. The number of carbonyl (C=O) groups excluding carboxylic acids is 2. The summed E-state index contributed by atoms with van der Waals surface area (Å²) >= 11 is 0. The monoisotopic (exact) mass is 802 g/mol. The number of benzene rings is 1. The van der Waals surface area contributed by atoms with Gasteiger partial charge in [0.25, 0.3) is 0 Å². The fraction of sp³-hybridized carbons (Fsp3) is 0.750. The summed E-state index contributed by atoms with van der Waals surface area (Å²) in [7, 11) is 3.57. The highest BCUT2D eigenvalue weighted by molar-refractivity contribution is 5.79. The Hall–Kier alpha value is -3.65. The highest BCUT2D eigenvalue weighted by Gasteiger charge is 2.46. The molecule has 1 saturated carbocycles. The number of nitriles is 3. The summed E-state index contributed by atoms with van der Waals surface area (Å²) in [6, 6.07) is 13.6. The summed E-state index contributed by atoms with van der Waals surface area (Å²) in [4.78, 5) is 26.2. The molecule has 6 fully saturated rings. The zero-order valence-electron chi connectivity index (χ0n) is 35.3. The SMILES string of the molecule is CC.CC1CCC(C(=O)NC2CC3OC(C#N)CC3CN2)CC1.CN1CCC(NC2CNCc3cc(C#N)ccc32)CC1.COC(=O)C1CNCC2CC(C#N)OC21. The summed E-state index contributed by atoms with van der Waals surface area (Å²) in [5, 5.41) is 43.7. The zero-order chi connectivity index (χ0) is 41.6. The van der Waals surface area contributed by atoms with Crippen LogP contribution in [-0.4, -0.2) is 107 Å². The Morgan fingerprint density at radius 2 is 1.59 bits per heavy atom. The van der Waals surface area contributed by atoms with Crippen LogP contribution in [0.3, 0.4) is 0 Å². The van der Waals surface area contributed by atoms with E-state index in [0.29, 0.717) is 31.0 Å². The van der Waals surface area contributed by atoms with Gasteiger partial charge in [-0.3, -0.25) is 14.9 Å². The van der Waals surface area contributed by atoms with E-state index < -0.39 is 0 Å². The molecule has 1 amide bonds. The Balaban J connectivity index is 0.000000164. The molecule has 0 radical (unpaired) electrons. The summed E-state index contributed by atoms with van der Waals surface area (Å²) in [6.07, 6.45) is 8.42. The van der Waals surface area contributed by atoms with Gasteiger partial charge in [-0.1, -0.05) is 26.8 Å². The van der Waals surface area contributed by atoms with Gasteiger partial charge in [0.1, 0.15) is 12.2 Å². The lowest BCUT2D eigenvalue weighted by atomic mass is 9.82. The Bertz CT molecular complexity index is 1610. The Labute approximate surface area is 346 Å². The maximum Gasteiger partial charge on any atom is 0.312 e. The third-order valence-electron chi connectivity index (χ3n) is 12.9. The minimum Gasteiger partial charge on any atom is -0.469 e. The van der Waals surface area contributed by atoms with E-state index in [2.05, 4.69) is 69.7 Å². The van der Waals surface area contributed by atoms with Gasteiger partial charge in [0, 0.05) is 69.0 Å². The minimum absolute atomic E-state index is 0.00413. The molecule has 9 atom stereocenters. The number of hydrogen-bond acceptors (Lipinski definition) is 13. The van der Waals surface area contributed by atoms with E-state index in [4.69, 9.17) is 30.0 Å². The summed E-state index contributed by atoms with van der Waals surface area (Å²) in [5.74, 6) is 1.27. The van der Waals surface area contributed by atoms with Gasteiger partial charge in [0.2, 0.25) is 5.91 Å². The standard InChI is InChI=1S/C16H22N4.C16H25N3O2.C10H14N2O3.C2H6/c1-20-6-4-14(5-7-20)19-16-11-18-10-13-8-12(9-17)2-3-15(13)16;1-10-2-4-11(5-3-10)16(20)19-15-7-14-12(9-18-15)6-13(8-17)21-14;1-14-10(13)8-5-12-4-6-2-7(3-11)15-9(6)8;1-2/h2-3,8,14,16,18-19H,4-7,10-11H2,1H3;10-15,18H,2-7,9H2,1H3,(H,19,20);6-9,12H,2,4-5H2,1H3;1-2H3. The molecule has 318 valence electrons. The van der Waals surface area contributed by atoms with E-state index in [1.165, 1.54) is 44.2 Å². The van der Waals surface area contributed by atoms with Gasteiger partial charge in [-0.2, -0.15) is 15.8 Å². The first-order valence-electron chi connectivity index (χ1n) is 21.8. The fourth-order valence-corrected chi connectivity index (χ4v) is 9.50. The molecule has 14 heteroatoms. The normalized spacial score (nSPS) is 34.1. The van der Waals surface area contributed by atoms with E-state index in [1.807, 2.05) is 26.0 Å². The number of carbonyl (C=O) groups is 2. The first-order chi connectivity index (χ1) is 28.2. The zero-order valence-corrected chi connectivity index (χ0v) is 35.3. The van der Waals surface area contributed by atoms with Crippen LogP contribution < -0.4 is 26.6 Å². The van der Waals surface area contributed by atoms with Crippen molar-refractivity contribution in [3.8, 4) is 18.2 Å². The molecule has 0 aromatic heterocycles. The number of nitrogens with zero attached hydrogens (tertiary/aromatic N) is 4. The third-order valence-corrected chi connectivity index (χ3v) is 12.9. The van der Waals surface area contributed by atoms with Crippen molar-refractivity contribution in [2.24, 2.45) is 29.6 Å². The average Bonchev–Trinajstić information content (AvgIpc) is 3.89. The molecule has 0 spiro atoms. The molecule has 0 bridgehead atoms. The summed E-state index contributed by atoms with van der Waals surface area (Å²) in [5.41, 5.74) is 3.38. The van der Waals surface area contributed by atoms with E-state index in [-0.39, 0.29) is 60.2 Å². The molecule has 1 aromatic rings. The molecule has 6 aliphatic heterocycles. The Morgan fingerprint density at radius 3 is 2.28 bits per heavy atom. The number of nitrogens with one attached hydrogen (secondary N) is 5. The molecule has 6 heterocycles. The minimum atomic E-state index is -0.368. The van der Waals surface area contributed by atoms with Crippen LogP contribution in [0.25, 0.3) is 0 Å². The highest BCUT2D eigenvalue weighted by atomic mass is 16.5. The summed E-state index contributed by atoms with van der Waals surface area (Å²) < 4.78 is 16.0. The number of ether oxygens (including phenoxy) is 3. The second-order valence-corrected chi connectivity index (χ2v) is 16.9. The number of likely N-dealkylation sites (tertiary alicyclic amines) is 1. The third kappa shape index (κ3) is 12.2. The van der Waals surface area contributed by atoms with E-state index in [9.17, 15) is 9.59 Å². The van der Waals surface area contributed by atoms with Crippen molar-refractivity contribution >= 4 is 11.9 Å². The van der Waals surface area contributed by atoms with Crippen molar-refractivity contribution in [2.45, 2.75) is 128 Å². The average molecular weight is 802 g/mol. The molecule has 14 nitrogen and oxygen atoms in total. The molecule has 8 rings (SSSR count). The van der Waals surface area contributed by atoms with Crippen molar-refractivity contribution in [3.05, 3.63) is 34.9 Å². The predicted octanol–water partition coefficient (Wildman–Crippen LogP) is 3.63. The number of hydrogen-bond donors (Lipinski definition) is 5. The maximum atomic E-state index is 12.3. The Kier molecular flexibility index (Phi) is 17.7. The molecule has 7 aliphatic rings. The molecule has 5 N–H and O–H groups in total. The van der Waals surface area contributed by atoms with Crippen LogP contribution in [0.5, 0.6) is 0 Å². The van der Waals surface area contributed by atoms with Crippen molar-refractivity contribution in [1.29, 1.82) is 15.8 Å². The van der Waals surface area contributed by atoms with E-state index in [0.717, 1.165) is 76.2 Å². The smallest absolute Gasteiger partial charge is 0.312 e. The predicted molar refractivity (Wildman–Crippen MR) is 219 cm³/mol. The molecule has 5 saturated heterocycles. The van der Waals surface area contributed by atoms with E-state index >= 15 is 0 Å². The number of methoxy groups -OCH3 is 1. The lowest BCUT2D eigenvalue weighted by Crippen LogP contribution is -2.55. The van der Waals surface area contributed by atoms with Gasteiger partial charge in [-0.15, -0.1) is 0 Å². The summed E-state index contributed by atoms with van der Waals surface area (Å²) in [6.45, 7) is 12.7. The maximum absolute atomic E-state index is 12.3. The lowest BCUT2D eigenvalue weighted by Gasteiger charge is -2.35. The van der Waals surface area contributed by atoms with E-state index in [1.54, 1.807) is 0 Å². The van der Waals surface area contributed by atoms with Crippen LogP contribution in [0.15, 0.2) is 18.2 Å². The number of amides is 1. The van der Waals surface area contributed by atoms with Gasteiger partial charge in [0.05, 0.1) is 55.2 Å². The molecule has 1 aromatic carbocycles. The number of rotatable bonds is 5. The van der Waals surface area contributed by atoms with Crippen molar-refractivity contribution in [2.75, 3.05) is 53.4 Å². The Morgan fingerprint density at radius 1 is 0.879 bits per heavy atom. The second kappa shape index (κ2) is 22.6. The van der Waals surface area contributed by atoms with Gasteiger partial charge in [-0.05, 0) is 101 Å². The van der Waals surface area contributed by atoms with Crippen LogP contribution in [0.1, 0.15) is 101 Å². The first-order valence-corrected chi connectivity index (χ1v) is 21.8. The van der Waals surface area contributed by atoms with Crippen LogP contribution in [0.2, 0.25) is 0 Å². The second-order valence-electron chi connectivity index (χ2n) is 16.9. The molecule has 1 aliphatic carbocycles. The largest absolute Gasteiger partial charge is 0.469 e. The first kappa shape index (κ1) is 45.4. The number of fused-ring (bicyclic) bond motifs is 3. The van der Waals surface area contributed by atoms with Crippen molar-refractivity contribution in [1.82, 2.24) is 31.5 Å². The van der Waals surface area contributed by atoms with Crippen LogP contribution in [0.4, 0.5) is 0 Å².